The van der Waals surface area contributed by atoms with Crippen LogP contribution in [0.25, 0.3) is 10.9 Å². The summed E-state index contributed by atoms with van der Waals surface area (Å²) in [6, 6.07) is 7.69. The molecule has 2 N–H and O–H groups in total. The van der Waals surface area contributed by atoms with Crippen LogP contribution in [0.1, 0.15) is 18.9 Å². The number of fused-ring (bicyclic) bond motifs is 1. The summed E-state index contributed by atoms with van der Waals surface area (Å²) in [6.45, 7) is 1.48. The number of benzene rings is 1. The van der Waals surface area contributed by atoms with E-state index in [0.29, 0.717) is 5.96 Å². The van der Waals surface area contributed by atoms with Gasteiger partial charge in [0.15, 0.2) is 5.54 Å². The number of ketones is 1. The number of Topliss-reactive ketones (excluding diaryl/α,β-unsaturated/α-hetero) is 1. The number of hydrogen-bond acceptors (Lipinski definition) is 4. The number of rotatable bonds is 3. The lowest BCUT2D eigenvalue weighted by Gasteiger charge is -2.21. The third-order valence-electron chi connectivity index (χ3n) is 3.86. The number of aromatic nitrogens is 1. The number of H-pyrrole nitrogens is 1. The molecule has 0 saturated carbocycles. The predicted octanol–water partition coefficient (Wildman–Crippen LogP) is 1.39. The molecule has 2 aromatic rings. The van der Waals surface area contributed by atoms with Crippen molar-refractivity contribution in [3.8, 4) is 0 Å². The lowest BCUT2D eigenvalue weighted by Crippen LogP contribution is -2.41. The zero-order chi connectivity index (χ0) is 15.9. The van der Waals surface area contributed by atoms with Gasteiger partial charge < -0.3 is 9.88 Å². The normalized spacial score (nSPS) is 20.9. The average Bonchev–Trinajstić information content (AvgIpc) is 3.01. The molecule has 1 aromatic carbocycles. The summed E-state index contributed by atoms with van der Waals surface area (Å²) in [5, 5.41) is 3.68. The highest BCUT2D eigenvalue weighted by atomic mass is 16.2. The Morgan fingerprint density at radius 3 is 2.68 bits per heavy atom. The van der Waals surface area contributed by atoms with Crippen LogP contribution < -0.4 is 5.32 Å². The van der Waals surface area contributed by atoms with Gasteiger partial charge in [0.25, 0.3) is 5.91 Å². The van der Waals surface area contributed by atoms with Gasteiger partial charge in [-0.15, -0.1) is 0 Å². The van der Waals surface area contributed by atoms with Gasteiger partial charge in [0.05, 0.1) is 0 Å². The van der Waals surface area contributed by atoms with Crippen molar-refractivity contribution in [2.75, 3.05) is 14.1 Å². The van der Waals surface area contributed by atoms with Crippen molar-refractivity contribution in [2.24, 2.45) is 4.99 Å². The van der Waals surface area contributed by atoms with Crippen LogP contribution in [-0.4, -0.2) is 41.6 Å². The number of nitrogens with zero attached hydrogens (tertiary/aromatic N) is 2. The number of aromatic amines is 1. The van der Waals surface area contributed by atoms with Crippen molar-refractivity contribution in [3.63, 3.8) is 0 Å². The Hall–Kier alpha value is -2.63. The summed E-state index contributed by atoms with van der Waals surface area (Å²) in [4.78, 5) is 33.9. The fourth-order valence-electron chi connectivity index (χ4n) is 2.85. The second-order valence-electron chi connectivity index (χ2n) is 5.77. The minimum Gasteiger partial charge on any atom is -0.361 e. The first-order valence-electron chi connectivity index (χ1n) is 7.09. The Bertz CT molecular complexity index is 790. The molecule has 6 nitrogen and oxygen atoms in total. The largest absolute Gasteiger partial charge is 0.361 e. The highest BCUT2D eigenvalue weighted by molar-refractivity contribution is 6.10. The molecule has 0 spiro atoms. The third-order valence-corrected chi connectivity index (χ3v) is 3.86. The molecule has 22 heavy (non-hydrogen) atoms. The van der Waals surface area contributed by atoms with E-state index in [1.165, 1.54) is 6.92 Å². The predicted molar refractivity (Wildman–Crippen MR) is 84.5 cm³/mol. The SMILES string of the molecule is CC(=O)CC1(c2c[nH]c3ccccc23)N=C(N(C)C)NC1=O. The Balaban J connectivity index is 2.23. The summed E-state index contributed by atoms with van der Waals surface area (Å²) in [7, 11) is 3.61. The second kappa shape index (κ2) is 4.98. The number of para-hydroxylation sites is 1. The van der Waals surface area contributed by atoms with Crippen molar-refractivity contribution < 1.29 is 9.59 Å². The molecular weight excluding hydrogens is 280 g/mol. The molecular formula is C16H18N4O2. The van der Waals surface area contributed by atoms with E-state index in [1.807, 2.05) is 24.3 Å². The molecule has 1 unspecified atom stereocenters. The highest BCUT2D eigenvalue weighted by Crippen LogP contribution is 2.38. The maximum atomic E-state index is 12.7. The summed E-state index contributed by atoms with van der Waals surface area (Å²) in [5.41, 5.74) is 0.444. The van der Waals surface area contributed by atoms with E-state index in [1.54, 1.807) is 25.2 Å². The molecule has 0 bridgehead atoms. The van der Waals surface area contributed by atoms with Gasteiger partial charge in [-0.1, -0.05) is 18.2 Å². The van der Waals surface area contributed by atoms with Gasteiger partial charge in [-0.05, 0) is 13.0 Å². The van der Waals surface area contributed by atoms with E-state index in [-0.39, 0.29) is 18.1 Å². The first-order valence-corrected chi connectivity index (χ1v) is 7.09. The quantitative estimate of drug-likeness (QED) is 0.899. The molecule has 1 aromatic heterocycles. The molecule has 1 amide bonds. The number of carbonyl (C=O) groups excluding carboxylic acids is 2. The van der Waals surface area contributed by atoms with Crippen molar-refractivity contribution in [2.45, 2.75) is 18.9 Å². The molecule has 0 saturated heterocycles. The summed E-state index contributed by atoms with van der Waals surface area (Å²) in [6.07, 6.45) is 1.81. The van der Waals surface area contributed by atoms with E-state index in [0.717, 1.165) is 16.5 Å². The summed E-state index contributed by atoms with van der Waals surface area (Å²) in [5.74, 6) is 0.122. The standard InChI is InChI=1S/C16H18N4O2/c1-10(21)8-16(14(22)18-15(19-16)20(2)3)12-9-17-13-7-5-4-6-11(12)13/h4-7,9,17H,8H2,1-3H3,(H,18,19,22). The van der Waals surface area contributed by atoms with E-state index in [4.69, 9.17) is 0 Å². The van der Waals surface area contributed by atoms with E-state index in [9.17, 15) is 9.59 Å². The number of guanidine groups is 1. The Kier molecular flexibility index (Phi) is 3.24. The van der Waals surface area contributed by atoms with Gasteiger partial charge in [-0.3, -0.25) is 14.9 Å². The molecule has 3 rings (SSSR count). The highest BCUT2D eigenvalue weighted by Gasteiger charge is 2.48. The van der Waals surface area contributed by atoms with Crippen LogP contribution in [0.5, 0.6) is 0 Å². The van der Waals surface area contributed by atoms with Crippen LogP contribution in [0.4, 0.5) is 0 Å². The van der Waals surface area contributed by atoms with Crippen LogP contribution in [0.15, 0.2) is 35.5 Å². The minimum absolute atomic E-state index is 0.0397. The zero-order valence-electron chi connectivity index (χ0n) is 12.8. The minimum atomic E-state index is -1.20. The molecule has 1 aliphatic heterocycles. The van der Waals surface area contributed by atoms with Crippen molar-refractivity contribution in [3.05, 3.63) is 36.0 Å². The van der Waals surface area contributed by atoms with Gasteiger partial charge >= 0.3 is 0 Å². The number of hydrogen-bond donors (Lipinski definition) is 2. The van der Waals surface area contributed by atoms with Crippen LogP contribution in [0.3, 0.4) is 0 Å². The van der Waals surface area contributed by atoms with Gasteiger partial charge in [0.1, 0.15) is 5.78 Å². The van der Waals surface area contributed by atoms with E-state index in [2.05, 4.69) is 15.3 Å². The Labute approximate surface area is 128 Å². The molecule has 6 heteroatoms. The van der Waals surface area contributed by atoms with Crippen molar-refractivity contribution >= 4 is 28.6 Å². The van der Waals surface area contributed by atoms with Gasteiger partial charge in [0.2, 0.25) is 5.96 Å². The molecule has 114 valence electrons. The topological polar surface area (TPSA) is 77.6 Å². The van der Waals surface area contributed by atoms with E-state index < -0.39 is 5.54 Å². The molecule has 1 atom stereocenters. The number of carbonyl (C=O) groups is 2. The van der Waals surface area contributed by atoms with E-state index >= 15 is 0 Å². The number of amides is 1. The third kappa shape index (κ3) is 2.07. The fraction of sp³-hybridized carbons (Fsp3) is 0.312. The summed E-state index contributed by atoms with van der Waals surface area (Å²) >= 11 is 0. The summed E-state index contributed by atoms with van der Waals surface area (Å²) < 4.78 is 0. The Morgan fingerprint density at radius 2 is 2.05 bits per heavy atom. The average molecular weight is 298 g/mol. The van der Waals surface area contributed by atoms with Crippen LogP contribution in [0.2, 0.25) is 0 Å². The molecule has 0 aliphatic carbocycles. The van der Waals surface area contributed by atoms with Gasteiger partial charge in [-0.25, -0.2) is 4.99 Å². The van der Waals surface area contributed by atoms with Crippen LogP contribution in [0, 0.1) is 0 Å². The maximum Gasteiger partial charge on any atom is 0.259 e. The van der Waals surface area contributed by atoms with Gasteiger partial charge in [0, 0.05) is 43.2 Å². The van der Waals surface area contributed by atoms with Gasteiger partial charge in [-0.2, -0.15) is 0 Å². The maximum absolute atomic E-state index is 12.7. The zero-order valence-corrected chi connectivity index (χ0v) is 12.8. The number of aliphatic imine (C=N–C) groups is 1. The first kappa shape index (κ1) is 14.3. The molecule has 0 fully saturated rings. The molecule has 0 radical (unpaired) electrons. The van der Waals surface area contributed by atoms with Crippen molar-refractivity contribution in [1.82, 2.24) is 15.2 Å². The van der Waals surface area contributed by atoms with Crippen molar-refractivity contribution in [1.29, 1.82) is 0 Å². The molecule has 1 aliphatic rings. The lowest BCUT2D eigenvalue weighted by molar-refractivity contribution is -0.128. The lowest BCUT2D eigenvalue weighted by atomic mass is 9.85. The Morgan fingerprint density at radius 1 is 1.32 bits per heavy atom. The fourth-order valence-corrected chi connectivity index (χ4v) is 2.85. The molecule has 2 heterocycles. The monoisotopic (exact) mass is 298 g/mol. The first-order chi connectivity index (χ1) is 10.4. The van der Waals surface area contributed by atoms with Crippen LogP contribution in [-0.2, 0) is 15.1 Å². The number of nitrogens with one attached hydrogen (secondary N) is 2. The smallest absolute Gasteiger partial charge is 0.259 e. The second-order valence-corrected chi connectivity index (χ2v) is 5.77. The van der Waals surface area contributed by atoms with Crippen LogP contribution >= 0.6 is 0 Å².